The van der Waals surface area contributed by atoms with E-state index in [4.69, 9.17) is 5.11 Å². The van der Waals surface area contributed by atoms with Crippen molar-refractivity contribution < 1.29 is 19.4 Å². The van der Waals surface area contributed by atoms with Gasteiger partial charge in [-0.25, -0.2) is 4.79 Å². The lowest BCUT2D eigenvalue weighted by Crippen LogP contribution is -2.20. The lowest BCUT2D eigenvalue weighted by Gasteiger charge is -2.17. The van der Waals surface area contributed by atoms with Gasteiger partial charge >= 0.3 is 5.97 Å². The summed E-state index contributed by atoms with van der Waals surface area (Å²) >= 11 is 1.01. The molecule has 132 valence electrons. The summed E-state index contributed by atoms with van der Waals surface area (Å²) in [5, 5.41) is 19.6. The molecule has 1 aliphatic heterocycles. The van der Waals surface area contributed by atoms with Gasteiger partial charge in [-0.1, -0.05) is 12.1 Å². The maximum absolute atomic E-state index is 11.7. The molecule has 0 unspecified atom stereocenters. The van der Waals surface area contributed by atoms with E-state index in [-0.39, 0.29) is 16.7 Å². The Balaban J connectivity index is 1.98. The maximum atomic E-state index is 11.7. The predicted molar refractivity (Wildman–Crippen MR) is 97.7 cm³/mol. The first-order valence-corrected chi connectivity index (χ1v) is 8.17. The lowest BCUT2D eigenvalue weighted by atomic mass is 10.2. The molecule has 2 rings (SSSR count). The van der Waals surface area contributed by atoms with Gasteiger partial charge in [-0.2, -0.15) is 5.10 Å². The van der Waals surface area contributed by atoms with Crippen LogP contribution in [-0.4, -0.2) is 55.7 Å². The topological polar surface area (TPSA) is 104 Å². The van der Waals surface area contributed by atoms with Crippen LogP contribution in [0.15, 0.2) is 45.4 Å². The van der Waals surface area contributed by atoms with Gasteiger partial charge in [0.2, 0.25) is 0 Å². The van der Waals surface area contributed by atoms with Crippen LogP contribution in [0.4, 0.5) is 5.69 Å². The van der Waals surface area contributed by atoms with Crippen LogP contribution in [0.2, 0.25) is 0 Å². The molecule has 0 aliphatic carbocycles. The number of rotatable bonds is 6. The van der Waals surface area contributed by atoms with Gasteiger partial charge in [0.15, 0.2) is 5.17 Å². The Hall–Kier alpha value is -2.65. The van der Waals surface area contributed by atoms with Gasteiger partial charge < -0.3 is 14.7 Å². The number of likely N-dealkylation sites (N-methyl/N-ethyl adjacent to an activating group) is 1. The molecule has 1 amide bonds. The second kappa shape index (κ2) is 9.00. The minimum atomic E-state index is -0.603. The first kappa shape index (κ1) is 18.7. The number of hydrogen-bond donors (Lipinski definition) is 2. The minimum Gasteiger partial charge on any atom is -0.466 e. The van der Waals surface area contributed by atoms with Crippen LogP contribution in [0.1, 0.15) is 5.56 Å². The molecule has 1 aromatic rings. The van der Waals surface area contributed by atoms with E-state index in [9.17, 15) is 9.59 Å². The highest BCUT2D eigenvalue weighted by Gasteiger charge is 2.24. The molecule has 1 heterocycles. The number of amidine groups is 1. The van der Waals surface area contributed by atoms with Crippen LogP contribution in [0.25, 0.3) is 0 Å². The van der Waals surface area contributed by atoms with E-state index in [0.29, 0.717) is 6.54 Å². The van der Waals surface area contributed by atoms with Gasteiger partial charge in [-0.05, 0) is 29.5 Å². The molecule has 1 aromatic carbocycles. The standard InChI is InChI=1S/C16H18N4O4S/c1-20(7-8-21)12-5-3-11(4-6-12)10-17-19-16-18-15(23)13(25-16)9-14(22)24-2/h3-6,9-10,21H,7-8H2,1-2H3,(H,18,19,23)/b13-9+,17-10?. The number of carbonyl (C=O) groups excluding carboxylic acids is 2. The molecule has 0 radical (unpaired) electrons. The fourth-order valence-electron chi connectivity index (χ4n) is 1.88. The summed E-state index contributed by atoms with van der Waals surface area (Å²) in [5.74, 6) is -1.02. The molecule has 1 saturated heterocycles. The average Bonchev–Trinajstić information content (AvgIpc) is 2.95. The van der Waals surface area contributed by atoms with Gasteiger partial charge in [0, 0.05) is 25.4 Å². The third-order valence-electron chi connectivity index (χ3n) is 3.23. The third-order valence-corrected chi connectivity index (χ3v) is 4.13. The highest BCUT2D eigenvalue weighted by molar-refractivity contribution is 8.18. The Morgan fingerprint density at radius 2 is 2.12 bits per heavy atom. The highest BCUT2D eigenvalue weighted by atomic mass is 32.2. The van der Waals surface area contributed by atoms with Crippen LogP contribution in [0.5, 0.6) is 0 Å². The average molecular weight is 362 g/mol. The summed E-state index contributed by atoms with van der Waals surface area (Å²) in [7, 11) is 3.13. The molecule has 8 nitrogen and oxygen atoms in total. The first-order valence-electron chi connectivity index (χ1n) is 7.35. The number of aliphatic hydroxyl groups excluding tert-OH is 1. The summed E-state index contributed by atoms with van der Waals surface area (Å²) in [6, 6.07) is 7.56. The second-order valence-corrected chi connectivity index (χ2v) is 6.00. The van der Waals surface area contributed by atoms with Gasteiger partial charge in [-0.15, -0.1) is 5.10 Å². The number of nitrogens with zero attached hydrogens (tertiary/aromatic N) is 3. The number of benzene rings is 1. The summed E-state index contributed by atoms with van der Waals surface area (Å²) < 4.78 is 4.48. The van der Waals surface area contributed by atoms with Crippen molar-refractivity contribution in [2.75, 3.05) is 32.2 Å². The number of esters is 1. The van der Waals surface area contributed by atoms with Crippen molar-refractivity contribution in [3.63, 3.8) is 0 Å². The Kier molecular flexibility index (Phi) is 6.72. The van der Waals surface area contributed by atoms with E-state index in [2.05, 4.69) is 20.3 Å². The lowest BCUT2D eigenvalue weighted by molar-refractivity contribution is -0.135. The monoisotopic (exact) mass is 362 g/mol. The minimum absolute atomic E-state index is 0.0903. The van der Waals surface area contributed by atoms with Crippen molar-refractivity contribution in [1.29, 1.82) is 0 Å². The quantitative estimate of drug-likeness (QED) is 0.335. The number of anilines is 1. The molecule has 1 fully saturated rings. The van der Waals surface area contributed by atoms with Crippen molar-refractivity contribution in [1.82, 2.24) is 5.32 Å². The SMILES string of the molecule is COC(=O)/C=C1/S/C(=N\N=Cc2ccc(N(C)CCO)cc2)NC1=O. The third kappa shape index (κ3) is 5.44. The molecule has 25 heavy (non-hydrogen) atoms. The molecule has 0 spiro atoms. The molecule has 2 N–H and O–H groups in total. The zero-order chi connectivity index (χ0) is 18.2. The maximum Gasteiger partial charge on any atom is 0.331 e. The fraction of sp³-hybridized carbons (Fsp3) is 0.250. The smallest absolute Gasteiger partial charge is 0.331 e. The number of thioether (sulfide) groups is 1. The summed E-state index contributed by atoms with van der Waals surface area (Å²) in [6.07, 6.45) is 2.66. The van der Waals surface area contributed by atoms with Gasteiger partial charge in [-0.3, -0.25) is 10.1 Å². The molecule has 0 saturated carbocycles. The second-order valence-electron chi connectivity index (χ2n) is 4.97. The molecule has 9 heteroatoms. The normalized spacial score (nSPS) is 17.3. The van der Waals surface area contributed by atoms with Crippen LogP contribution in [0.3, 0.4) is 0 Å². The Morgan fingerprint density at radius 1 is 1.40 bits per heavy atom. The molecule has 1 aliphatic rings. The summed E-state index contributed by atoms with van der Waals surface area (Å²) in [5.41, 5.74) is 1.82. The summed E-state index contributed by atoms with van der Waals surface area (Å²) in [4.78, 5) is 25.0. The van der Waals surface area contributed by atoms with E-state index in [1.807, 2.05) is 36.2 Å². The van der Waals surface area contributed by atoms with E-state index in [1.54, 1.807) is 6.21 Å². The van der Waals surface area contributed by atoms with Crippen LogP contribution in [-0.2, 0) is 14.3 Å². The van der Waals surface area contributed by atoms with Crippen LogP contribution < -0.4 is 10.2 Å². The number of amides is 1. The van der Waals surface area contributed by atoms with E-state index >= 15 is 0 Å². The number of ether oxygens (including phenoxy) is 1. The predicted octanol–water partition coefficient (Wildman–Crippen LogP) is 0.725. The van der Waals surface area contributed by atoms with Crippen molar-refractivity contribution in [3.8, 4) is 0 Å². The first-order chi connectivity index (χ1) is 12.0. The fourth-order valence-corrected chi connectivity index (χ4v) is 2.62. The Labute approximate surface area is 149 Å². The van der Waals surface area contributed by atoms with Gasteiger partial charge in [0.25, 0.3) is 5.91 Å². The van der Waals surface area contributed by atoms with E-state index < -0.39 is 11.9 Å². The van der Waals surface area contributed by atoms with Crippen molar-refractivity contribution >= 4 is 40.7 Å². The molecule has 0 bridgehead atoms. The number of carbonyl (C=O) groups is 2. The largest absolute Gasteiger partial charge is 0.466 e. The number of hydrogen-bond acceptors (Lipinski definition) is 8. The van der Waals surface area contributed by atoms with Crippen LogP contribution in [0, 0.1) is 0 Å². The number of aliphatic hydroxyl groups is 1. The van der Waals surface area contributed by atoms with Gasteiger partial charge in [0.05, 0.1) is 24.8 Å². The zero-order valence-electron chi connectivity index (χ0n) is 13.8. The van der Waals surface area contributed by atoms with Crippen molar-refractivity contribution in [2.24, 2.45) is 10.2 Å². The zero-order valence-corrected chi connectivity index (χ0v) is 14.6. The molecular formula is C16H18N4O4S. The molecule has 0 aromatic heterocycles. The molecular weight excluding hydrogens is 344 g/mol. The number of nitrogens with one attached hydrogen (secondary N) is 1. The molecule has 0 atom stereocenters. The Morgan fingerprint density at radius 3 is 2.76 bits per heavy atom. The van der Waals surface area contributed by atoms with E-state index in [1.165, 1.54) is 7.11 Å². The number of methoxy groups -OCH3 is 1. The van der Waals surface area contributed by atoms with Crippen molar-refractivity contribution in [3.05, 3.63) is 40.8 Å². The van der Waals surface area contributed by atoms with Crippen molar-refractivity contribution in [2.45, 2.75) is 0 Å². The van der Waals surface area contributed by atoms with E-state index in [0.717, 1.165) is 29.1 Å². The van der Waals surface area contributed by atoms with Crippen LogP contribution >= 0.6 is 11.8 Å². The van der Waals surface area contributed by atoms with Gasteiger partial charge in [0.1, 0.15) is 0 Å². The summed E-state index contributed by atoms with van der Waals surface area (Å²) in [6.45, 7) is 0.645. The Bertz CT molecular complexity index is 728. The highest BCUT2D eigenvalue weighted by Crippen LogP contribution is 2.23.